The summed E-state index contributed by atoms with van der Waals surface area (Å²) >= 11 is 0. The summed E-state index contributed by atoms with van der Waals surface area (Å²) in [4.78, 5) is 30.8. The lowest BCUT2D eigenvalue weighted by Crippen LogP contribution is -2.39. The summed E-state index contributed by atoms with van der Waals surface area (Å²) in [6.45, 7) is 2.27. The highest BCUT2D eigenvalue weighted by atomic mass is 19.4. The number of rotatable bonds is 2. The second-order valence-electron chi connectivity index (χ2n) is 8.06. The molecule has 168 valence electrons. The summed E-state index contributed by atoms with van der Waals surface area (Å²) in [6.07, 6.45) is -3.92. The van der Waals surface area contributed by atoms with Gasteiger partial charge in [0.2, 0.25) is 5.43 Å². The first-order valence-electron chi connectivity index (χ1n) is 10.4. The van der Waals surface area contributed by atoms with Gasteiger partial charge in [0.05, 0.1) is 11.3 Å². The number of nitrogens with one attached hydrogen (secondary N) is 1. The Hall–Kier alpha value is -3.88. The summed E-state index contributed by atoms with van der Waals surface area (Å²) in [7, 11) is 0. The van der Waals surface area contributed by atoms with Crippen LogP contribution in [0, 0.1) is 6.92 Å². The molecule has 0 radical (unpaired) electrons. The van der Waals surface area contributed by atoms with Crippen molar-refractivity contribution >= 4 is 16.8 Å². The first-order valence-corrected chi connectivity index (χ1v) is 10.4. The van der Waals surface area contributed by atoms with Crippen molar-refractivity contribution in [2.45, 2.75) is 26.1 Å². The third kappa shape index (κ3) is 3.69. The van der Waals surface area contributed by atoms with Crippen molar-refractivity contribution in [3.05, 3.63) is 93.0 Å². The number of carbonyl (C=O) groups is 1. The minimum absolute atomic E-state index is 0.119. The van der Waals surface area contributed by atoms with E-state index in [0.29, 0.717) is 25.2 Å². The topological polar surface area (TPSA) is 71.0 Å². The molecule has 3 heterocycles. The van der Waals surface area contributed by atoms with Crippen LogP contribution in [0.1, 0.15) is 33.0 Å². The van der Waals surface area contributed by atoms with Crippen LogP contribution in [0.2, 0.25) is 0 Å². The molecule has 0 bridgehead atoms. The van der Waals surface area contributed by atoms with Gasteiger partial charge < -0.3 is 9.88 Å². The van der Waals surface area contributed by atoms with Gasteiger partial charge in [-0.05, 0) is 31.2 Å². The van der Waals surface area contributed by atoms with Crippen LogP contribution >= 0.6 is 0 Å². The maximum atomic E-state index is 13.3. The minimum Gasteiger partial charge on any atom is -0.358 e. The number of H-pyrrole nitrogens is 1. The van der Waals surface area contributed by atoms with Gasteiger partial charge in [-0.15, -0.1) is 0 Å². The number of fused-ring (bicyclic) bond motifs is 3. The average Bonchev–Trinajstić information content (AvgIpc) is 3.16. The van der Waals surface area contributed by atoms with E-state index in [-0.39, 0.29) is 11.4 Å². The molecule has 9 heteroatoms. The standard InChI is InChI=1S/C24H19F3N4O2/c1-14-11-21(32)22(29-31(14)16-6-4-5-15(12-16)24(25,26)27)23(33)30-10-9-20-18(13-30)17-7-2-3-8-19(17)28-20/h2-8,11-12,28H,9-10,13H2,1H3. The number of halogens is 3. The highest BCUT2D eigenvalue weighted by Crippen LogP contribution is 2.31. The largest absolute Gasteiger partial charge is 0.416 e. The number of aryl methyl sites for hydroxylation is 1. The van der Waals surface area contributed by atoms with E-state index < -0.39 is 23.1 Å². The fraction of sp³-hybridized carbons (Fsp3) is 0.208. The van der Waals surface area contributed by atoms with Crippen LogP contribution < -0.4 is 5.43 Å². The van der Waals surface area contributed by atoms with E-state index in [4.69, 9.17) is 0 Å². The SMILES string of the molecule is Cc1cc(=O)c(C(=O)N2CCc3[nH]c4ccccc4c3C2)nn1-c1cccc(C(F)(F)F)c1. The van der Waals surface area contributed by atoms with Gasteiger partial charge in [-0.2, -0.15) is 18.3 Å². The second kappa shape index (κ2) is 7.61. The molecule has 0 fully saturated rings. The number of hydrogen-bond acceptors (Lipinski definition) is 3. The normalized spacial score (nSPS) is 13.9. The third-order valence-corrected chi connectivity index (χ3v) is 5.90. The van der Waals surface area contributed by atoms with Crippen molar-refractivity contribution < 1.29 is 18.0 Å². The maximum absolute atomic E-state index is 13.3. The van der Waals surface area contributed by atoms with Gasteiger partial charge in [0, 0.05) is 53.4 Å². The Morgan fingerprint density at radius 3 is 2.67 bits per heavy atom. The van der Waals surface area contributed by atoms with E-state index in [1.165, 1.54) is 22.9 Å². The van der Waals surface area contributed by atoms with Crippen molar-refractivity contribution in [3.8, 4) is 5.69 Å². The fourth-order valence-corrected chi connectivity index (χ4v) is 4.26. The molecule has 0 spiro atoms. The smallest absolute Gasteiger partial charge is 0.358 e. The molecule has 2 aromatic carbocycles. The van der Waals surface area contributed by atoms with Crippen LogP contribution in [-0.4, -0.2) is 32.1 Å². The van der Waals surface area contributed by atoms with Crippen molar-refractivity contribution in [2.24, 2.45) is 0 Å². The number of aromatic nitrogens is 3. The van der Waals surface area contributed by atoms with E-state index in [0.717, 1.165) is 34.3 Å². The van der Waals surface area contributed by atoms with E-state index in [1.54, 1.807) is 11.8 Å². The lowest BCUT2D eigenvalue weighted by molar-refractivity contribution is -0.137. The van der Waals surface area contributed by atoms with E-state index >= 15 is 0 Å². The number of alkyl halides is 3. The maximum Gasteiger partial charge on any atom is 0.416 e. The van der Waals surface area contributed by atoms with Crippen LogP contribution in [0.3, 0.4) is 0 Å². The van der Waals surface area contributed by atoms with Gasteiger partial charge in [0.25, 0.3) is 5.91 Å². The molecule has 2 aromatic heterocycles. The highest BCUT2D eigenvalue weighted by molar-refractivity contribution is 5.93. The predicted molar refractivity (Wildman–Crippen MR) is 116 cm³/mol. The molecule has 5 rings (SSSR count). The predicted octanol–water partition coefficient (Wildman–Crippen LogP) is 4.24. The summed E-state index contributed by atoms with van der Waals surface area (Å²) in [6, 6.07) is 13.6. The van der Waals surface area contributed by atoms with Crippen LogP contribution in [0.25, 0.3) is 16.6 Å². The van der Waals surface area contributed by atoms with Crippen molar-refractivity contribution in [1.29, 1.82) is 0 Å². The molecule has 1 amide bonds. The average molecular weight is 452 g/mol. The third-order valence-electron chi connectivity index (χ3n) is 5.90. The van der Waals surface area contributed by atoms with Crippen LogP contribution in [0.4, 0.5) is 13.2 Å². The molecule has 6 nitrogen and oxygen atoms in total. The fourth-order valence-electron chi connectivity index (χ4n) is 4.26. The second-order valence-corrected chi connectivity index (χ2v) is 8.06. The molecule has 1 aliphatic heterocycles. The molecule has 0 unspecified atom stereocenters. The van der Waals surface area contributed by atoms with Gasteiger partial charge >= 0.3 is 6.18 Å². The Bertz CT molecular complexity index is 1450. The zero-order valence-corrected chi connectivity index (χ0v) is 17.6. The molecule has 0 saturated carbocycles. The van der Waals surface area contributed by atoms with E-state index in [1.807, 2.05) is 24.3 Å². The van der Waals surface area contributed by atoms with Crippen LogP contribution in [0.5, 0.6) is 0 Å². The van der Waals surface area contributed by atoms with Crippen molar-refractivity contribution in [3.63, 3.8) is 0 Å². The monoisotopic (exact) mass is 452 g/mol. The molecular weight excluding hydrogens is 433 g/mol. The van der Waals surface area contributed by atoms with Gasteiger partial charge in [-0.1, -0.05) is 24.3 Å². The molecule has 0 atom stereocenters. The number of amides is 1. The Labute approximate surface area is 186 Å². The molecule has 4 aromatic rings. The molecule has 0 aliphatic carbocycles. The summed E-state index contributed by atoms with van der Waals surface area (Å²) in [5, 5.41) is 5.20. The number of nitrogens with zero attached hydrogens (tertiary/aromatic N) is 3. The number of hydrogen-bond donors (Lipinski definition) is 1. The highest BCUT2D eigenvalue weighted by Gasteiger charge is 2.31. The lowest BCUT2D eigenvalue weighted by atomic mass is 10.0. The van der Waals surface area contributed by atoms with Gasteiger partial charge in [0.1, 0.15) is 0 Å². The van der Waals surface area contributed by atoms with Crippen LogP contribution in [-0.2, 0) is 19.1 Å². The van der Waals surface area contributed by atoms with Gasteiger partial charge in [-0.25, -0.2) is 4.68 Å². The van der Waals surface area contributed by atoms with Gasteiger partial charge in [-0.3, -0.25) is 9.59 Å². The molecule has 1 N–H and O–H groups in total. The van der Waals surface area contributed by atoms with Gasteiger partial charge in [0.15, 0.2) is 5.69 Å². The summed E-state index contributed by atoms with van der Waals surface area (Å²) < 4.78 is 40.7. The quantitative estimate of drug-likeness (QED) is 0.495. The zero-order chi connectivity index (χ0) is 23.3. The van der Waals surface area contributed by atoms with Crippen molar-refractivity contribution in [1.82, 2.24) is 19.7 Å². The minimum atomic E-state index is -4.52. The number of aromatic amines is 1. The molecule has 33 heavy (non-hydrogen) atoms. The Kier molecular flexibility index (Phi) is 4.84. The summed E-state index contributed by atoms with van der Waals surface area (Å²) in [5.74, 6) is -0.545. The van der Waals surface area contributed by atoms with E-state index in [9.17, 15) is 22.8 Å². The number of carbonyl (C=O) groups excluding carboxylic acids is 1. The van der Waals surface area contributed by atoms with Crippen LogP contribution in [0.15, 0.2) is 59.4 Å². The first-order chi connectivity index (χ1) is 15.7. The molecule has 1 aliphatic rings. The Morgan fingerprint density at radius 2 is 1.88 bits per heavy atom. The molecular formula is C24H19F3N4O2. The summed E-state index contributed by atoms with van der Waals surface area (Å²) in [5.41, 5.74) is 1.76. The first kappa shape index (κ1) is 21.0. The Morgan fingerprint density at radius 1 is 1.09 bits per heavy atom. The van der Waals surface area contributed by atoms with Crippen molar-refractivity contribution in [2.75, 3.05) is 6.54 Å². The Balaban J connectivity index is 1.51. The zero-order valence-electron chi connectivity index (χ0n) is 17.6. The molecule has 0 saturated heterocycles. The van der Waals surface area contributed by atoms with E-state index in [2.05, 4.69) is 10.1 Å². The number of para-hydroxylation sites is 1. The number of benzene rings is 2. The lowest BCUT2D eigenvalue weighted by Gasteiger charge is -2.27.